The molecule has 2 aromatic carbocycles. The van der Waals surface area contributed by atoms with Crippen molar-refractivity contribution in [3.05, 3.63) is 62.8 Å². The van der Waals surface area contributed by atoms with Gasteiger partial charge in [0, 0.05) is 4.47 Å². The van der Waals surface area contributed by atoms with Gasteiger partial charge in [0.05, 0.1) is 27.9 Å². The lowest BCUT2D eigenvalue weighted by Gasteiger charge is -2.08. The van der Waals surface area contributed by atoms with Crippen molar-refractivity contribution in [2.75, 3.05) is 5.32 Å². The minimum absolute atomic E-state index is 0.00922. The van der Waals surface area contributed by atoms with Crippen LogP contribution >= 0.6 is 27.5 Å². The van der Waals surface area contributed by atoms with Crippen molar-refractivity contribution in [2.45, 2.75) is 0 Å². The van der Waals surface area contributed by atoms with Crippen LogP contribution in [0.1, 0.15) is 15.9 Å². The standard InChI is InChI=1S/C14H7BrClFN2O/c15-10-3-1-2-9(13(10)16)14(20)19-12-5-4-8(7-18)6-11(12)17/h1-6H,(H,19,20). The number of nitrogens with zero attached hydrogens (tertiary/aromatic N) is 1. The van der Waals surface area contributed by atoms with E-state index in [-0.39, 0.29) is 21.8 Å². The highest BCUT2D eigenvalue weighted by atomic mass is 79.9. The van der Waals surface area contributed by atoms with Gasteiger partial charge in [0.2, 0.25) is 0 Å². The van der Waals surface area contributed by atoms with E-state index in [0.29, 0.717) is 4.47 Å². The summed E-state index contributed by atoms with van der Waals surface area (Å²) in [5.41, 5.74) is 0.399. The normalized spacial score (nSPS) is 9.90. The molecule has 20 heavy (non-hydrogen) atoms. The molecule has 0 aliphatic rings. The number of hydrogen-bond donors (Lipinski definition) is 1. The molecular formula is C14H7BrClFN2O. The second-order valence-corrected chi connectivity index (χ2v) is 5.09. The molecule has 0 radical (unpaired) electrons. The lowest BCUT2D eigenvalue weighted by molar-refractivity contribution is 0.102. The molecule has 0 aliphatic carbocycles. The molecule has 1 amide bonds. The van der Waals surface area contributed by atoms with Gasteiger partial charge in [-0.25, -0.2) is 4.39 Å². The number of carbonyl (C=O) groups is 1. The summed E-state index contributed by atoms with van der Waals surface area (Å²) in [7, 11) is 0. The van der Waals surface area contributed by atoms with Crippen molar-refractivity contribution in [1.29, 1.82) is 5.26 Å². The summed E-state index contributed by atoms with van der Waals surface area (Å²) in [6.07, 6.45) is 0. The third-order valence-electron chi connectivity index (χ3n) is 2.54. The van der Waals surface area contributed by atoms with Crippen LogP contribution in [0.25, 0.3) is 0 Å². The van der Waals surface area contributed by atoms with E-state index in [1.165, 1.54) is 18.2 Å². The van der Waals surface area contributed by atoms with E-state index in [1.54, 1.807) is 12.1 Å². The van der Waals surface area contributed by atoms with Crippen LogP contribution in [0.2, 0.25) is 5.02 Å². The Hall–Kier alpha value is -1.90. The van der Waals surface area contributed by atoms with Gasteiger partial charge < -0.3 is 5.32 Å². The quantitative estimate of drug-likeness (QED) is 0.872. The van der Waals surface area contributed by atoms with Crippen LogP contribution in [-0.2, 0) is 0 Å². The minimum atomic E-state index is -0.677. The fraction of sp³-hybridized carbons (Fsp3) is 0. The molecule has 2 aromatic rings. The molecule has 0 aromatic heterocycles. The van der Waals surface area contributed by atoms with Crippen molar-refractivity contribution in [2.24, 2.45) is 0 Å². The van der Waals surface area contributed by atoms with Gasteiger partial charge in [-0.05, 0) is 46.3 Å². The fourth-order valence-electron chi connectivity index (χ4n) is 1.55. The Morgan fingerprint density at radius 2 is 2.10 bits per heavy atom. The van der Waals surface area contributed by atoms with Crippen LogP contribution in [0.15, 0.2) is 40.9 Å². The van der Waals surface area contributed by atoms with Gasteiger partial charge >= 0.3 is 0 Å². The number of amides is 1. The first-order chi connectivity index (χ1) is 9.52. The van der Waals surface area contributed by atoms with Gasteiger partial charge in [-0.1, -0.05) is 17.7 Å². The number of rotatable bonds is 2. The van der Waals surface area contributed by atoms with Crippen LogP contribution in [0.5, 0.6) is 0 Å². The maximum absolute atomic E-state index is 13.7. The van der Waals surface area contributed by atoms with Crippen molar-refractivity contribution >= 4 is 39.1 Å². The molecule has 0 saturated carbocycles. The molecule has 0 bridgehead atoms. The lowest BCUT2D eigenvalue weighted by atomic mass is 10.2. The average Bonchev–Trinajstić information content (AvgIpc) is 2.44. The zero-order valence-electron chi connectivity index (χ0n) is 9.95. The number of halogens is 3. The molecule has 0 unspecified atom stereocenters. The van der Waals surface area contributed by atoms with Gasteiger partial charge in [-0.2, -0.15) is 5.26 Å². The Bertz CT molecular complexity index is 728. The Labute approximate surface area is 128 Å². The Morgan fingerprint density at radius 1 is 1.35 bits per heavy atom. The van der Waals surface area contributed by atoms with Gasteiger partial charge in [0.25, 0.3) is 5.91 Å². The van der Waals surface area contributed by atoms with Crippen LogP contribution in [0.3, 0.4) is 0 Å². The Morgan fingerprint density at radius 3 is 2.75 bits per heavy atom. The summed E-state index contributed by atoms with van der Waals surface area (Å²) in [4.78, 5) is 12.0. The second kappa shape index (κ2) is 6.04. The summed E-state index contributed by atoms with van der Waals surface area (Å²) < 4.78 is 14.3. The van der Waals surface area contributed by atoms with Crippen LogP contribution in [0.4, 0.5) is 10.1 Å². The number of nitriles is 1. The number of carbonyl (C=O) groups excluding carboxylic acids is 1. The molecule has 6 heteroatoms. The summed E-state index contributed by atoms with van der Waals surface area (Å²) in [6.45, 7) is 0. The second-order valence-electron chi connectivity index (χ2n) is 3.86. The van der Waals surface area contributed by atoms with Gasteiger partial charge in [0.1, 0.15) is 5.82 Å². The monoisotopic (exact) mass is 352 g/mol. The van der Waals surface area contributed by atoms with Crippen molar-refractivity contribution in [1.82, 2.24) is 0 Å². The number of nitrogens with one attached hydrogen (secondary N) is 1. The molecule has 0 aliphatic heterocycles. The maximum atomic E-state index is 13.7. The van der Waals surface area contributed by atoms with E-state index in [2.05, 4.69) is 21.2 Å². The molecule has 0 atom stereocenters. The van der Waals surface area contributed by atoms with Crippen molar-refractivity contribution in [3.8, 4) is 6.07 Å². The first-order valence-corrected chi connectivity index (χ1v) is 6.65. The van der Waals surface area contributed by atoms with Crippen molar-refractivity contribution in [3.63, 3.8) is 0 Å². The molecule has 0 saturated heterocycles. The average molecular weight is 354 g/mol. The highest BCUT2D eigenvalue weighted by Gasteiger charge is 2.14. The fourth-order valence-corrected chi connectivity index (χ4v) is 2.13. The zero-order valence-corrected chi connectivity index (χ0v) is 12.3. The van der Waals surface area contributed by atoms with E-state index in [1.807, 2.05) is 6.07 Å². The van der Waals surface area contributed by atoms with E-state index >= 15 is 0 Å². The molecule has 100 valence electrons. The Balaban J connectivity index is 2.29. The summed E-state index contributed by atoms with van der Waals surface area (Å²) in [5.74, 6) is -1.21. The molecule has 3 nitrogen and oxygen atoms in total. The minimum Gasteiger partial charge on any atom is -0.319 e. The Kier molecular flexibility index (Phi) is 4.38. The highest BCUT2D eigenvalue weighted by molar-refractivity contribution is 9.10. The van der Waals surface area contributed by atoms with Crippen LogP contribution in [0, 0.1) is 17.1 Å². The summed E-state index contributed by atoms with van der Waals surface area (Å²) in [6, 6.07) is 10.5. The number of anilines is 1. The predicted molar refractivity (Wildman–Crippen MR) is 78.2 cm³/mol. The molecule has 2 rings (SSSR count). The van der Waals surface area contributed by atoms with E-state index in [9.17, 15) is 9.18 Å². The maximum Gasteiger partial charge on any atom is 0.257 e. The smallest absolute Gasteiger partial charge is 0.257 e. The van der Waals surface area contributed by atoms with E-state index in [0.717, 1.165) is 6.07 Å². The summed E-state index contributed by atoms with van der Waals surface area (Å²) in [5, 5.41) is 11.3. The first-order valence-electron chi connectivity index (χ1n) is 5.48. The highest BCUT2D eigenvalue weighted by Crippen LogP contribution is 2.27. The molecule has 0 heterocycles. The summed E-state index contributed by atoms with van der Waals surface area (Å²) >= 11 is 9.21. The third-order valence-corrected chi connectivity index (χ3v) is 3.84. The predicted octanol–water partition coefficient (Wildman–Crippen LogP) is 4.37. The first kappa shape index (κ1) is 14.5. The van der Waals surface area contributed by atoms with Crippen LogP contribution < -0.4 is 5.32 Å². The van der Waals surface area contributed by atoms with Gasteiger partial charge in [0.15, 0.2) is 0 Å². The molecular weight excluding hydrogens is 347 g/mol. The van der Waals surface area contributed by atoms with Gasteiger partial charge in [-0.15, -0.1) is 0 Å². The molecule has 1 N–H and O–H groups in total. The van der Waals surface area contributed by atoms with E-state index < -0.39 is 11.7 Å². The van der Waals surface area contributed by atoms with Gasteiger partial charge in [-0.3, -0.25) is 4.79 Å². The lowest BCUT2D eigenvalue weighted by Crippen LogP contribution is -2.13. The van der Waals surface area contributed by atoms with E-state index in [4.69, 9.17) is 16.9 Å². The SMILES string of the molecule is N#Cc1ccc(NC(=O)c2cccc(Br)c2Cl)c(F)c1. The molecule has 0 spiro atoms. The van der Waals surface area contributed by atoms with Crippen molar-refractivity contribution < 1.29 is 9.18 Å². The molecule has 0 fully saturated rings. The third kappa shape index (κ3) is 2.98. The number of hydrogen-bond acceptors (Lipinski definition) is 2. The van der Waals surface area contributed by atoms with Crippen LogP contribution in [-0.4, -0.2) is 5.91 Å². The topological polar surface area (TPSA) is 52.9 Å². The number of benzene rings is 2. The largest absolute Gasteiger partial charge is 0.319 e. The zero-order chi connectivity index (χ0) is 14.7.